The second-order valence-corrected chi connectivity index (χ2v) is 6.53. The first-order valence-electron chi connectivity index (χ1n) is 7.09. The number of nitrogens with zero attached hydrogens (tertiary/aromatic N) is 1. The van der Waals surface area contributed by atoms with Gasteiger partial charge in [-0.3, -0.25) is 0 Å². The zero-order chi connectivity index (χ0) is 11.4. The third-order valence-electron chi connectivity index (χ3n) is 4.29. The predicted octanol–water partition coefficient (Wildman–Crippen LogP) is 2.92. The lowest BCUT2D eigenvalue weighted by Gasteiger charge is -2.38. The van der Waals surface area contributed by atoms with E-state index in [-0.39, 0.29) is 12.4 Å². The molecule has 2 rings (SSSR count). The van der Waals surface area contributed by atoms with E-state index in [1.165, 1.54) is 64.8 Å². The van der Waals surface area contributed by atoms with Gasteiger partial charge in [0.2, 0.25) is 0 Å². The van der Waals surface area contributed by atoms with Crippen molar-refractivity contribution in [1.29, 1.82) is 0 Å². The Balaban J connectivity index is 0.00000144. The summed E-state index contributed by atoms with van der Waals surface area (Å²) in [6.07, 6.45) is 7.04. The highest BCUT2D eigenvalue weighted by atomic mass is 35.5. The number of halogens is 1. The van der Waals surface area contributed by atoms with E-state index >= 15 is 0 Å². The summed E-state index contributed by atoms with van der Waals surface area (Å²) in [5.74, 6) is 0.992. The van der Waals surface area contributed by atoms with Gasteiger partial charge in [0.25, 0.3) is 0 Å². The van der Waals surface area contributed by atoms with E-state index in [4.69, 9.17) is 0 Å². The molecule has 0 spiro atoms. The van der Waals surface area contributed by atoms with Gasteiger partial charge in [0.05, 0.1) is 0 Å². The maximum Gasteiger partial charge on any atom is 0.00327 e. The SMILES string of the molecule is CC1(C)CCCN(CCC2CCNCC2)C1.Cl. The summed E-state index contributed by atoms with van der Waals surface area (Å²) in [5, 5.41) is 3.45. The highest BCUT2D eigenvalue weighted by Crippen LogP contribution is 2.29. The molecule has 2 heterocycles. The van der Waals surface area contributed by atoms with Crippen molar-refractivity contribution in [2.24, 2.45) is 11.3 Å². The molecule has 2 fully saturated rings. The topological polar surface area (TPSA) is 15.3 Å². The molecule has 0 amide bonds. The molecule has 2 nitrogen and oxygen atoms in total. The number of nitrogens with one attached hydrogen (secondary N) is 1. The van der Waals surface area contributed by atoms with Crippen LogP contribution in [0, 0.1) is 11.3 Å². The Hall–Kier alpha value is 0.210. The van der Waals surface area contributed by atoms with E-state index in [0.29, 0.717) is 5.41 Å². The number of likely N-dealkylation sites (tertiary alicyclic amines) is 1. The fourth-order valence-corrected chi connectivity index (χ4v) is 3.27. The first kappa shape index (κ1) is 15.3. The first-order chi connectivity index (χ1) is 7.66. The zero-order valence-corrected chi connectivity index (χ0v) is 12.3. The molecule has 102 valence electrons. The lowest BCUT2D eigenvalue weighted by Crippen LogP contribution is -2.41. The molecule has 0 bridgehead atoms. The van der Waals surface area contributed by atoms with Crippen LogP contribution in [0.2, 0.25) is 0 Å². The van der Waals surface area contributed by atoms with Crippen molar-refractivity contribution in [3.8, 4) is 0 Å². The largest absolute Gasteiger partial charge is 0.317 e. The van der Waals surface area contributed by atoms with E-state index in [9.17, 15) is 0 Å². The molecule has 3 heteroatoms. The Labute approximate surface area is 113 Å². The molecule has 2 aliphatic heterocycles. The first-order valence-corrected chi connectivity index (χ1v) is 7.09. The number of hydrogen-bond donors (Lipinski definition) is 1. The molecule has 2 aliphatic rings. The number of hydrogen-bond acceptors (Lipinski definition) is 2. The van der Waals surface area contributed by atoms with Gasteiger partial charge in [-0.15, -0.1) is 12.4 Å². The summed E-state index contributed by atoms with van der Waals surface area (Å²) >= 11 is 0. The molecule has 17 heavy (non-hydrogen) atoms. The number of rotatable bonds is 3. The van der Waals surface area contributed by atoms with Crippen LogP contribution in [0.3, 0.4) is 0 Å². The van der Waals surface area contributed by atoms with E-state index in [1.807, 2.05) is 0 Å². The summed E-state index contributed by atoms with van der Waals surface area (Å²) < 4.78 is 0. The fourth-order valence-electron chi connectivity index (χ4n) is 3.27. The van der Waals surface area contributed by atoms with E-state index in [2.05, 4.69) is 24.1 Å². The lowest BCUT2D eigenvalue weighted by atomic mass is 9.84. The standard InChI is InChI=1S/C14H28N2.ClH/c1-14(2)7-3-10-16(12-14)11-6-13-4-8-15-9-5-13;/h13,15H,3-12H2,1-2H3;1H. The summed E-state index contributed by atoms with van der Waals surface area (Å²) in [4.78, 5) is 2.70. The normalized spacial score (nSPS) is 26.5. The Morgan fingerprint density at radius 2 is 1.94 bits per heavy atom. The van der Waals surface area contributed by atoms with E-state index in [0.717, 1.165) is 5.92 Å². The van der Waals surface area contributed by atoms with Gasteiger partial charge < -0.3 is 10.2 Å². The average Bonchev–Trinajstić information content (AvgIpc) is 2.27. The Kier molecular flexibility index (Phi) is 6.25. The van der Waals surface area contributed by atoms with Crippen molar-refractivity contribution in [3.05, 3.63) is 0 Å². The van der Waals surface area contributed by atoms with Crippen molar-refractivity contribution < 1.29 is 0 Å². The molecule has 0 aromatic rings. The average molecular weight is 261 g/mol. The predicted molar refractivity (Wildman–Crippen MR) is 76.9 cm³/mol. The van der Waals surface area contributed by atoms with Crippen LogP contribution in [-0.4, -0.2) is 37.6 Å². The molecule has 0 radical (unpaired) electrons. The van der Waals surface area contributed by atoms with Crippen LogP contribution in [0.25, 0.3) is 0 Å². The van der Waals surface area contributed by atoms with Gasteiger partial charge in [-0.2, -0.15) is 0 Å². The van der Waals surface area contributed by atoms with Crippen molar-refractivity contribution in [2.45, 2.75) is 46.0 Å². The number of piperidine rings is 2. The molecule has 2 saturated heterocycles. The monoisotopic (exact) mass is 260 g/mol. The maximum absolute atomic E-state index is 3.45. The summed E-state index contributed by atoms with van der Waals surface area (Å²) in [6.45, 7) is 11.3. The molecular weight excluding hydrogens is 232 g/mol. The molecule has 0 unspecified atom stereocenters. The third kappa shape index (κ3) is 5.15. The molecule has 0 aliphatic carbocycles. The van der Waals surface area contributed by atoms with Gasteiger partial charge >= 0.3 is 0 Å². The summed E-state index contributed by atoms with van der Waals surface area (Å²) in [7, 11) is 0. The molecule has 0 aromatic heterocycles. The van der Waals surface area contributed by atoms with Crippen LogP contribution in [0.1, 0.15) is 46.0 Å². The minimum Gasteiger partial charge on any atom is -0.317 e. The van der Waals surface area contributed by atoms with Crippen molar-refractivity contribution in [3.63, 3.8) is 0 Å². The van der Waals surface area contributed by atoms with Crippen LogP contribution >= 0.6 is 12.4 Å². The van der Waals surface area contributed by atoms with Gasteiger partial charge in [-0.05, 0) is 69.6 Å². The molecule has 0 atom stereocenters. The van der Waals surface area contributed by atoms with Crippen LogP contribution in [0.15, 0.2) is 0 Å². The van der Waals surface area contributed by atoms with Crippen LogP contribution in [0.5, 0.6) is 0 Å². The zero-order valence-electron chi connectivity index (χ0n) is 11.5. The molecule has 0 saturated carbocycles. The van der Waals surface area contributed by atoms with Crippen LogP contribution in [-0.2, 0) is 0 Å². The molecule has 0 aromatic carbocycles. The second kappa shape index (κ2) is 6.96. The summed E-state index contributed by atoms with van der Waals surface area (Å²) in [5.41, 5.74) is 0.562. The van der Waals surface area contributed by atoms with E-state index in [1.54, 1.807) is 0 Å². The molecule has 1 N–H and O–H groups in total. The minimum absolute atomic E-state index is 0. The Bertz CT molecular complexity index is 212. The van der Waals surface area contributed by atoms with Gasteiger partial charge in [0.1, 0.15) is 0 Å². The fraction of sp³-hybridized carbons (Fsp3) is 1.00. The highest BCUT2D eigenvalue weighted by molar-refractivity contribution is 5.85. The lowest BCUT2D eigenvalue weighted by molar-refractivity contribution is 0.109. The Morgan fingerprint density at radius 1 is 1.24 bits per heavy atom. The maximum atomic E-state index is 3.45. The smallest absolute Gasteiger partial charge is 0.00327 e. The van der Waals surface area contributed by atoms with Crippen LogP contribution in [0.4, 0.5) is 0 Å². The van der Waals surface area contributed by atoms with Gasteiger partial charge in [0.15, 0.2) is 0 Å². The minimum atomic E-state index is 0. The van der Waals surface area contributed by atoms with Gasteiger partial charge in [-0.1, -0.05) is 13.8 Å². The second-order valence-electron chi connectivity index (χ2n) is 6.53. The van der Waals surface area contributed by atoms with Gasteiger partial charge in [-0.25, -0.2) is 0 Å². The van der Waals surface area contributed by atoms with E-state index < -0.39 is 0 Å². The van der Waals surface area contributed by atoms with Crippen LogP contribution < -0.4 is 5.32 Å². The van der Waals surface area contributed by atoms with Crippen molar-refractivity contribution in [2.75, 3.05) is 32.7 Å². The summed E-state index contributed by atoms with van der Waals surface area (Å²) in [6, 6.07) is 0. The highest BCUT2D eigenvalue weighted by Gasteiger charge is 2.26. The third-order valence-corrected chi connectivity index (χ3v) is 4.29. The van der Waals surface area contributed by atoms with Crippen molar-refractivity contribution in [1.82, 2.24) is 10.2 Å². The van der Waals surface area contributed by atoms with Gasteiger partial charge in [0, 0.05) is 6.54 Å². The quantitative estimate of drug-likeness (QED) is 0.840. The molecular formula is C14H29ClN2. The Morgan fingerprint density at radius 3 is 2.59 bits per heavy atom. The van der Waals surface area contributed by atoms with Crippen molar-refractivity contribution >= 4 is 12.4 Å².